The fourth-order valence-corrected chi connectivity index (χ4v) is 4.48. The summed E-state index contributed by atoms with van der Waals surface area (Å²) in [6, 6.07) is 20.0. The maximum atomic E-state index is 7.32. The normalized spacial score (nSPS) is 10.5. The van der Waals surface area contributed by atoms with Gasteiger partial charge in [-0.25, -0.2) is 18.3 Å². The number of hydrogen-bond acceptors (Lipinski definition) is 1. The van der Waals surface area contributed by atoms with E-state index in [1.807, 2.05) is 0 Å². The Morgan fingerprint density at radius 1 is 0.750 bits per heavy atom. The number of aromatic nitrogens is 4. The fourth-order valence-electron chi connectivity index (χ4n) is 4.48. The van der Waals surface area contributed by atoms with E-state index in [0.29, 0.717) is 12.1 Å². The number of benzene rings is 2. The second-order valence-electron chi connectivity index (χ2n) is 8.26. The molecule has 172 valence electrons. The summed E-state index contributed by atoms with van der Waals surface area (Å²) < 4.78 is 9.69. The monoisotopic (exact) mass is 657 g/mol. The summed E-state index contributed by atoms with van der Waals surface area (Å²) in [6.07, 6.45) is 0.896. The van der Waals surface area contributed by atoms with E-state index in [4.69, 9.17) is 5.26 Å². The van der Waals surface area contributed by atoms with Gasteiger partial charge >= 0.3 is 0 Å². The molecule has 0 unspecified atom stereocenters. The van der Waals surface area contributed by atoms with Crippen molar-refractivity contribution in [3.05, 3.63) is 60.2 Å². The molecule has 0 N–H and O–H groups in total. The third-order valence-corrected chi connectivity index (χ3v) is 5.68. The molecule has 0 aliphatic rings. The van der Waals surface area contributed by atoms with Crippen molar-refractivity contribution >= 4 is 22.1 Å². The molecule has 4 rings (SSSR count). The fraction of sp³-hybridized carbons (Fsp3) is 0.400. The molecule has 0 fully saturated rings. The summed E-state index contributed by atoms with van der Waals surface area (Å²) in [5.74, 6) is 2.68. The summed E-state index contributed by atoms with van der Waals surface area (Å²) in [4.78, 5) is 0. The zero-order chi connectivity index (χ0) is 22.0. The Morgan fingerprint density at radius 2 is 1.06 bits per heavy atom. The van der Waals surface area contributed by atoms with E-state index < -0.39 is 0 Å². The highest BCUT2D eigenvalue weighted by Crippen LogP contribution is 2.24. The molecular weight excluding hydrogens is 624 g/mol. The van der Waals surface area contributed by atoms with Crippen molar-refractivity contribution in [2.24, 2.45) is 14.1 Å². The minimum atomic E-state index is 0. The van der Waals surface area contributed by atoms with Gasteiger partial charge in [-0.15, -0.1) is 0 Å². The Labute approximate surface area is 225 Å². The predicted octanol–water partition coefficient (Wildman–Crippen LogP) is -1.46. The van der Waals surface area contributed by atoms with Crippen LogP contribution in [-0.2, 0) is 20.5 Å². The molecular formula is C25H33I2N5. The molecule has 0 amide bonds. The maximum Gasteiger partial charge on any atom is 0.269 e. The van der Waals surface area contributed by atoms with Crippen LogP contribution >= 0.6 is 0 Å². The lowest BCUT2D eigenvalue weighted by molar-refractivity contribution is -0.667. The summed E-state index contributed by atoms with van der Waals surface area (Å²) in [7, 11) is 4.39. The van der Waals surface area contributed by atoms with Gasteiger partial charge in [0.15, 0.2) is 28.5 Å². The zero-order valence-electron chi connectivity index (χ0n) is 20.0. The topological polar surface area (TPSA) is 41.4 Å². The van der Waals surface area contributed by atoms with Crippen molar-refractivity contribution in [1.29, 1.82) is 5.26 Å². The van der Waals surface area contributed by atoms with Crippen molar-refractivity contribution in [3.63, 3.8) is 0 Å². The Bertz CT molecular complexity index is 1140. The minimum Gasteiger partial charge on any atom is -1.00 e. The number of fused-ring (bicyclic) bond motifs is 2. The third-order valence-electron chi connectivity index (χ3n) is 5.68. The highest BCUT2D eigenvalue weighted by Gasteiger charge is 2.32. The standard InChI is InChI=1S/C23H30N4.C2H3N.2HI/c1-16(2)26-20-13-9-7-11-18(20)24(5)22(26)15-23-25(6)19-12-8-10-14-21(19)27(23)17(3)4;1-2-3;;/h7-14,16-17H,15H2,1-6H3;1H3;2*1H/q+2;;;/p-2. The van der Waals surface area contributed by atoms with Crippen LogP contribution in [0.25, 0.3) is 22.1 Å². The summed E-state index contributed by atoms with van der Waals surface area (Å²) in [5.41, 5.74) is 5.19. The highest BCUT2D eigenvalue weighted by molar-refractivity contribution is 5.73. The predicted molar refractivity (Wildman–Crippen MR) is 121 cm³/mol. The lowest BCUT2D eigenvalue weighted by Crippen LogP contribution is -3.00. The molecule has 7 heteroatoms. The average Bonchev–Trinajstić information content (AvgIpc) is 3.15. The van der Waals surface area contributed by atoms with E-state index in [9.17, 15) is 0 Å². The van der Waals surface area contributed by atoms with Gasteiger partial charge in [-0.1, -0.05) is 24.3 Å². The number of para-hydroxylation sites is 4. The molecule has 0 saturated heterocycles. The van der Waals surface area contributed by atoms with E-state index in [2.05, 4.69) is 109 Å². The Hall–Kier alpha value is -1.67. The summed E-state index contributed by atoms with van der Waals surface area (Å²) in [5, 5.41) is 7.32. The molecule has 0 spiro atoms. The quantitative estimate of drug-likeness (QED) is 0.196. The van der Waals surface area contributed by atoms with Crippen LogP contribution in [0.1, 0.15) is 58.4 Å². The summed E-state index contributed by atoms with van der Waals surface area (Å²) in [6.45, 7) is 10.5. The largest absolute Gasteiger partial charge is 1.00 e. The number of rotatable bonds is 4. The molecule has 0 radical (unpaired) electrons. The first kappa shape index (κ1) is 28.4. The van der Waals surface area contributed by atoms with Crippen LogP contribution in [0, 0.1) is 11.3 Å². The molecule has 2 heterocycles. The van der Waals surface area contributed by atoms with Crippen molar-refractivity contribution in [2.75, 3.05) is 0 Å². The van der Waals surface area contributed by atoms with Crippen molar-refractivity contribution in [2.45, 2.75) is 53.1 Å². The lowest BCUT2D eigenvalue weighted by atomic mass is 10.2. The zero-order valence-corrected chi connectivity index (χ0v) is 24.3. The number of nitrogens with zero attached hydrogens (tertiary/aromatic N) is 5. The van der Waals surface area contributed by atoms with Gasteiger partial charge in [-0.3, -0.25) is 0 Å². The van der Waals surface area contributed by atoms with Gasteiger partial charge in [0.05, 0.1) is 32.2 Å². The van der Waals surface area contributed by atoms with E-state index in [-0.39, 0.29) is 48.0 Å². The molecule has 5 nitrogen and oxygen atoms in total. The van der Waals surface area contributed by atoms with Crippen molar-refractivity contribution in [1.82, 2.24) is 9.13 Å². The molecule has 0 aliphatic heterocycles. The van der Waals surface area contributed by atoms with Gasteiger partial charge in [0.1, 0.15) is 0 Å². The number of aryl methyl sites for hydroxylation is 2. The van der Waals surface area contributed by atoms with Crippen LogP contribution in [-0.4, -0.2) is 9.13 Å². The molecule has 4 aromatic rings. The number of imidazole rings is 2. The highest BCUT2D eigenvalue weighted by atomic mass is 127. The lowest BCUT2D eigenvalue weighted by Gasteiger charge is -2.08. The van der Waals surface area contributed by atoms with Crippen molar-refractivity contribution < 1.29 is 57.1 Å². The van der Waals surface area contributed by atoms with Gasteiger partial charge in [-0.2, -0.15) is 5.26 Å². The van der Waals surface area contributed by atoms with Gasteiger partial charge in [0, 0.05) is 6.92 Å². The van der Waals surface area contributed by atoms with Gasteiger partial charge in [0.2, 0.25) is 0 Å². The minimum absolute atomic E-state index is 0. The van der Waals surface area contributed by atoms with Crippen molar-refractivity contribution in [3.8, 4) is 6.07 Å². The van der Waals surface area contributed by atoms with E-state index in [1.165, 1.54) is 40.6 Å². The first-order valence-electron chi connectivity index (χ1n) is 10.6. The smallest absolute Gasteiger partial charge is 0.269 e. The molecule has 2 aromatic carbocycles. The molecule has 0 saturated carbocycles. The van der Waals surface area contributed by atoms with Crippen LogP contribution in [0.4, 0.5) is 0 Å². The Morgan fingerprint density at radius 3 is 1.38 bits per heavy atom. The summed E-state index contributed by atoms with van der Waals surface area (Å²) >= 11 is 0. The second-order valence-corrected chi connectivity index (χ2v) is 8.26. The Kier molecular flexibility index (Phi) is 10.6. The number of halogens is 2. The van der Waals surface area contributed by atoms with E-state index in [1.54, 1.807) is 6.07 Å². The molecule has 0 bridgehead atoms. The van der Waals surface area contributed by atoms with Gasteiger partial charge < -0.3 is 48.0 Å². The first-order chi connectivity index (χ1) is 14.3. The van der Waals surface area contributed by atoms with Crippen LogP contribution < -0.4 is 57.1 Å². The van der Waals surface area contributed by atoms with Crippen LogP contribution in [0.2, 0.25) is 0 Å². The van der Waals surface area contributed by atoms with Crippen LogP contribution in [0.15, 0.2) is 48.5 Å². The van der Waals surface area contributed by atoms with Crippen LogP contribution in [0.3, 0.4) is 0 Å². The molecule has 0 atom stereocenters. The van der Waals surface area contributed by atoms with E-state index in [0.717, 1.165) is 6.42 Å². The van der Waals surface area contributed by atoms with Gasteiger partial charge in [-0.05, 0) is 52.0 Å². The number of hydrogen-bond donors (Lipinski definition) is 0. The maximum absolute atomic E-state index is 7.32. The Balaban J connectivity index is 0.000000971. The SMILES string of the molecule is CC#N.CC(C)n1c(Cc2n(C(C)C)c3ccccc3[n+]2C)[n+](C)c2ccccc21.[I-].[I-]. The average molecular weight is 657 g/mol. The first-order valence-corrected chi connectivity index (χ1v) is 10.6. The molecule has 2 aromatic heterocycles. The van der Waals surface area contributed by atoms with Gasteiger partial charge in [0.25, 0.3) is 11.6 Å². The number of nitriles is 1. The van der Waals surface area contributed by atoms with Crippen LogP contribution in [0.5, 0.6) is 0 Å². The third kappa shape index (κ3) is 5.11. The molecule has 0 aliphatic carbocycles. The second kappa shape index (κ2) is 12.0. The molecule has 32 heavy (non-hydrogen) atoms. The van der Waals surface area contributed by atoms with E-state index >= 15 is 0 Å².